The molecule has 3 heterocycles. The molecule has 9 heteroatoms. The molecule has 0 saturated heterocycles. The lowest BCUT2D eigenvalue weighted by Gasteiger charge is -2.14. The van der Waals surface area contributed by atoms with Crippen LogP contribution in [0.25, 0.3) is 22.6 Å². The Morgan fingerprint density at radius 3 is 2.64 bits per heavy atom. The van der Waals surface area contributed by atoms with Crippen molar-refractivity contribution in [1.82, 2.24) is 34.6 Å². The summed E-state index contributed by atoms with van der Waals surface area (Å²) in [6.07, 6.45) is 7.41. The molecule has 1 N–H and O–H groups in total. The van der Waals surface area contributed by atoms with Gasteiger partial charge in [0.15, 0.2) is 17.3 Å². The first kappa shape index (κ1) is 16.2. The van der Waals surface area contributed by atoms with E-state index in [4.69, 9.17) is 4.74 Å². The van der Waals surface area contributed by atoms with Crippen molar-refractivity contribution in [2.75, 3.05) is 0 Å². The molecule has 0 fully saturated rings. The fourth-order valence-electron chi connectivity index (χ4n) is 2.88. The summed E-state index contributed by atoms with van der Waals surface area (Å²) in [4.78, 5) is 4.18. The quantitative estimate of drug-likeness (QED) is 0.572. The number of phenols is 1. The number of hydrogen-bond donors (Lipinski definition) is 1. The smallest absolute Gasteiger partial charge is 0.240 e. The highest BCUT2D eigenvalue weighted by Crippen LogP contribution is 2.31. The highest BCUT2D eigenvalue weighted by Gasteiger charge is 2.18. The average Bonchev–Trinajstić information content (AvgIpc) is 3.25. The molecule has 0 aliphatic heterocycles. The number of aromatic nitrogens is 7. The van der Waals surface area contributed by atoms with Gasteiger partial charge in [0.25, 0.3) is 0 Å². The molecular formula is C19H15N7O2. The van der Waals surface area contributed by atoms with Crippen LogP contribution in [0.2, 0.25) is 0 Å². The number of phenolic OH excluding ortho intramolecular Hbond substituents is 1. The molecule has 0 saturated carbocycles. The van der Waals surface area contributed by atoms with E-state index in [0.29, 0.717) is 23.2 Å². The van der Waals surface area contributed by atoms with Crippen molar-refractivity contribution in [3.05, 3.63) is 66.3 Å². The lowest BCUT2D eigenvalue weighted by atomic mass is 10.0. The van der Waals surface area contributed by atoms with Gasteiger partial charge >= 0.3 is 0 Å². The second-order valence-corrected chi connectivity index (χ2v) is 6.27. The molecule has 138 valence electrons. The molecule has 1 aliphatic rings. The fourth-order valence-corrected chi connectivity index (χ4v) is 2.88. The second kappa shape index (κ2) is 6.31. The van der Waals surface area contributed by atoms with E-state index in [1.165, 1.54) is 6.33 Å². The van der Waals surface area contributed by atoms with Crippen LogP contribution < -0.4 is 4.74 Å². The van der Waals surface area contributed by atoms with Crippen LogP contribution in [0.1, 0.15) is 11.4 Å². The van der Waals surface area contributed by atoms with Crippen LogP contribution in [0.4, 0.5) is 0 Å². The zero-order valence-corrected chi connectivity index (χ0v) is 14.9. The van der Waals surface area contributed by atoms with Gasteiger partial charge in [-0.3, -0.25) is 4.68 Å². The standard InChI is InChI=1S/C19H15N7O2/c1-25-17(20-11-21-25)10-28-19-15(12-3-2-4-12)9-16-22-23-18(26(16)24-19)13-5-7-14(27)8-6-13/h2-9,11,27H,10H2,1H3. The molecule has 9 nitrogen and oxygen atoms in total. The van der Waals surface area contributed by atoms with Crippen LogP contribution in [0.3, 0.4) is 0 Å². The second-order valence-electron chi connectivity index (χ2n) is 6.27. The number of aromatic hydroxyl groups is 1. The first-order chi connectivity index (χ1) is 13.7. The number of benzene rings is 1. The molecule has 1 aliphatic carbocycles. The minimum atomic E-state index is 0.184. The van der Waals surface area contributed by atoms with Gasteiger partial charge in [0, 0.05) is 18.2 Å². The maximum Gasteiger partial charge on any atom is 0.240 e. The van der Waals surface area contributed by atoms with Gasteiger partial charge in [0.1, 0.15) is 18.7 Å². The zero-order valence-electron chi connectivity index (χ0n) is 14.9. The number of nitrogens with zero attached hydrogens (tertiary/aromatic N) is 7. The van der Waals surface area contributed by atoms with Gasteiger partial charge in [-0.05, 0) is 35.9 Å². The third-order valence-electron chi connectivity index (χ3n) is 4.49. The van der Waals surface area contributed by atoms with Crippen molar-refractivity contribution < 1.29 is 9.84 Å². The van der Waals surface area contributed by atoms with Gasteiger partial charge in [-0.25, -0.2) is 4.98 Å². The molecular weight excluding hydrogens is 358 g/mol. The van der Waals surface area contributed by atoms with Crippen molar-refractivity contribution in [2.45, 2.75) is 6.61 Å². The van der Waals surface area contributed by atoms with E-state index in [0.717, 1.165) is 16.7 Å². The van der Waals surface area contributed by atoms with Gasteiger partial charge in [-0.2, -0.15) is 9.61 Å². The summed E-state index contributed by atoms with van der Waals surface area (Å²) in [5.74, 6) is 1.88. The molecule has 0 radical (unpaired) electrons. The Bertz CT molecular complexity index is 1240. The predicted molar refractivity (Wildman–Crippen MR) is 100 cm³/mol. The number of aryl methyl sites for hydroxylation is 1. The molecule has 0 atom stereocenters. The fraction of sp³-hybridized carbons (Fsp3) is 0.105. The normalized spacial score (nSPS) is 12.8. The van der Waals surface area contributed by atoms with Gasteiger partial charge < -0.3 is 9.84 Å². The number of ether oxygens (including phenoxy) is 1. The van der Waals surface area contributed by atoms with E-state index in [1.807, 2.05) is 31.3 Å². The van der Waals surface area contributed by atoms with Crippen LogP contribution in [0.5, 0.6) is 11.6 Å². The molecule has 28 heavy (non-hydrogen) atoms. The van der Waals surface area contributed by atoms with Crippen LogP contribution in [0.15, 0.2) is 54.9 Å². The summed E-state index contributed by atoms with van der Waals surface area (Å²) in [6, 6.07) is 8.61. The average molecular weight is 373 g/mol. The molecule has 1 aromatic carbocycles. The number of allylic oxidation sites excluding steroid dienone is 4. The summed E-state index contributed by atoms with van der Waals surface area (Å²) in [5, 5.41) is 26.7. The number of hydrogen-bond acceptors (Lipinski definition) is 7. The summed E-state index contributed by atoms with van der Waals surface area (Å²) in [7, 11) is 1.81. The Labute approximate surface area is 159 Å². The topological polar surface area (TPSA) is 103 Å². The van der Waals surface area contributed by atoms with Gasteiger partial charge in [-0.1, -0.05) is 18.2 Å². The summed E-state index contributed by atoms with van der Waals surface area (Å²) < 4.78 is 9.27. The zero-order chi connectivity index (χ0) is 19.1. The third-order valence-corrected chi connectivity index (χ3v) is 4.49. The molecule has 5 rings (SSSR count). The van der Waals surface area contributed by atoms with Gasteiger partial charge in [-0.15, -0.1) is 15.3 Å². The molecule has 0 spiro atoms. The molecule has 4 aromatic rings. The van der Waals surface area contributed by atoms with E-state index in [9.17, 15) is 5.11 Å². The molecule has 0 amide bonds. The minimum absolute atomic E-state index is 0.184. The summed E-state index contributed by atoms with van der Waals surface area (Å²) in [5.41, 5.74) is 3.23. The lowest BCUT2D eigenvalue weighted by molar-refractivity contribution is 0.273. The van der Waals surface area contributed by atoms with Crippen molar-refractivity contribution >= 4 is 11.2 Å². The predicted octanol–water partition coefficient (Wildman–Crippen LogP) is 2.16. The summed E-state index contributed by atoms with van der Waals surface area (Å²) >= 11 is 0. The monoisotopic (exact) mass is 373 g/mol. The first-order valence-electron chi connectivity index (χ1n) is 8.59. The summed E-state index contributed by atoms with van der Waals surface area (Å²) in [6.45, 7) is 0.232. The van der Waals surface area contributed by atoms with Gasteiger partial charge in [0.05, 0.1) is 0 Å². The van der Waals surface area contributed by atoms with E-state index < -0.39 is 0 Å². The largest absolute Gasteiger partial charge is 0.508 e. The van der Waals surface area contributed by atoms with E-state index in [-0.39, 0.29) is 12.4 Å². The van der Waals surface area contributed by atoms with Crippen LogP contribution in [0, 0.1) is 0 Å². The highest BCUT2D eigenvalue weighted by atomic mass is 16.5. The van der Waals surface area contributed by atoms with E-state index in [2.05, 4.69) is 25.4 Å². The third kappa shape index (κ3) is 2.69. The Morgan fingerprint density at radius 1 is 1.14 bits per heavy atom. The van der Waals surface area contributed by atoms with Crippen molar-refractivity contribution in [1.29, 1.82) is 0 Å². The van der Waals surface area contributed by atoms with Crippen molar-refractivity contribution in [3.63, 3.8) is 0 Å². The number of fused-ring (bicyclic) bond motifs is 1. The SMILES string of the molecule is Cn1ncnc1COc1nn2c(-c3ccc(O)cc3)nnc2cc1C1=CC=C1. The maximum atomic E-state index is 9.52. The van der Waals surface area contributed by atoms with Crippen LogP contribution in [-0.4, -0.2) is 39.7 Å². The lowest BCUT2D eigenvalue weighted by Crippen LogP contribution is -2.09. The Hall–Kier alpha value is -4.01. The van der Waals surface area contributed by atoms with Crippen molar-refractivity contribution in [3.8, 4) is 23.0 Å². The minimum Gasteiger partial charge on any atom is -0.508 e. The molecule has 3 aromatic heterocycles. The Kier molecular flexibility index (Phi) is 3.64. The Morgan fingerprint density at radius 2 is 1.96 bits per heavy atom. The van der Waals surface area contributed by atoms with E-state index in [1.54, 1.807) is 33.5 Å². The first-order valence-corrected chi connectivity index (χ1v) is 8.59. The Balaban J connectivity index is 1.58. The maximum absolute atomic E-state index is 9.52. The number of rotatable bonds is 5. The van der Waals surface area contributed by atoms with Crippen LogP contribution >= 0.6 is 0 Å². The van der Waals surface area contributed by atoms with Gasteiger partial charge in [0.2, 0.25) is 5.88 Å². The molecule has 0 unspecified atom stereocenters. The molecule has 0 bridgehead atoms. The highest BCUT2D eigenvalue weighted by molar-refractivity contribution is 5.84. The van der Waals surface area contributed by atoms with E-state index >= 15 is 0 Å². The van der Waals surface area contributed by atoms with Crippen LogP contribution in [-0.2, 0) is 13.7 Å². The van der Waals surface area contributed by atoms with Crippen molar-refractivity contribution in [2.24, 2.45) is 7.05 Å².